The summed E-state index contributed by atoms with van der Waals surface area (Å²) < 4.78 is 17.8. The van der Waals surface area contributed by atoms with Gasteiger partial charge in [0.25, 0.3) is 0 Å². The summed E-state index contributed by atoms with van der Waals surface area (Å²) in [6.07, 6.45) is 3.08. The van der Waals surface area contributed by atoms with E-state index in [0.29, 0.717) is 5.69 Å². The van der Waals surface area contributed by atoms with Crippen LogP contribution < -0.4 is 0 Å². The number of aromatic nitrogens is 1. The summed E-state index contributed by atoms with van der Waals surface area (Å²) in [7, 11) is 0. The molecule has 3 heteroatoms. The van der Waals surface area contributed by atoms with E-state index in [1.54, 1.807) is 12.3 Å². The first kappa shape index (κ1) is 7.98. The fourth-order valence-corrected chi connectivity index (χ4v) is 1.18. The predicted molar refractivity (Wildman–Crippen MR) is 46.6 cm³/mol. The van der Waals surface area contributed by atoms with Crippen molar-refractivity contribution in [2.24, 2.45) is 0 Å². The third-order valence-corrected chi connectivity index (χ3v) is 1.76. The molecule has 2 heterocycles. The number of halogens is 1. The van der Waals surface area contributed by atoms with Crippen LogP contribution in [-0.2, 0) is 0 Å². The minimum Gasteiger partial charge on any atom is -0.472 e. The van der Waals surface area contributed by atoms with E-state index in [0.717, 1.165) is 11.1 Å². The van der Waals surface area contributed by atoms with Crippen LogP contribution in [-0.4, -0.2) is 4.98 Å². The topological polar surface area (TPSA) is 26.0 Å². The monoisotopic (exact) mass is 177 g/mol. The van der Waals surface area contributed by atoms with E-state index in [2.05, 4.69) is 4.98 Å². The number of rotatable bonds is 1. The van der Waals surface area contributed by atoms with Crippen LogP contribution in [0.15, 0.2) is 35.1 Å². The third kappa shape index (κ3) is 1.59. The van der Waals surface area contributed by atoms with Gasteiger partial charge in [0.15, 0.2) is 0 Å². The van der Waals surface area contributed by atoms with Crippen LogP contribution in [0.3, 0.4) is 0 Å². The number of hydrogen-bond acceptors (Lipinski definition) is 2. The van der Waals surface area contributed by atoms with Gasteiger partial charge in [-0.25, -0.2) is 4.98 Å². The van der Waals surface area contributed by atoms with Gasteiger partial charge in [-0.1, -0.05) is 0 Å². The number of nitrogens with zero attached hydrogens (tertiary/aromatic N) is 1. The van der Waals surface area contributed by atoms with E-state index in [-0.39, 0.29) is 0 Å². The molecule has 0 fully saturated rings. The normalized spacial score (nSPS) is 10.3. The quantitative estimate of drug-likeness (QED) is 0.626. The van der Waals surface area contributed by atoms with Gasteiger partial charge in [-0.3, -0.25) is 0 Å². The first-order valence-electron chi connectivity index (χ1n) is 3.92. The predicted octanol–water partition coefficient (Wildman–Crippen LogP) is 2.79. The first-order chi connectivity index (χ1) is 6.25. The maximum atomic E-state index is 12.9. The molecule has 0 bridgehead atoms. The Hall–Kier alpha value is -1.64. The first-order valence-corrected chi connectivity index (χ1v) is 3.92. The lowest BCUT2D eigenvalue weighted by molar-refractivity contribution is 0.567. The molecule has 2 nitrogen and oxygen atoms in total. The molecule has 0 aromatic carbocycles. The summed E-state index contributed by atoms with van der Waals surface area (Å²) in [4.78, 5) is 3.75. The number of hydrogen-bond donors (Lipinski definition) is 0. The van der Waals surface area contributed by atoms with Crippen LogP contribution in [0.4, 0.5) is 4.39 Å². The van der Waals surface area contributed by atoms with Gasteiger partial charge in [0.2, 0.25) is 5.95 Å². The van der Waals surface area contributed by atoms with Crippen molar-refractivity contribution in [3.63, 3.8) is 0 Å². The molecular weight excluding hydrogens is 169 g/mol. The Morgan fingerprint density at radius 2 is 2.23 bits per heavy atom. The van der Waals surface area contributed by atoms with E-state index in [4.69, 9.17) is 4.42 Å². The minimum atomic E-state index is -0.462. The standard InChI is InChI=1S/C10H8FNO/c1-7-4-9(12-10(11)5-7)8-2-3-13-6-8/h2-6H,1H3. The second-order valence-corrected chi connectivity index (χ2v) is 2.86. The minimum absolute atomic E-state index is 0.462. The highest BCUT2D eigenvalue weighted by Gasteiger charge is 2.03. The van der Waals surface area contributed by atoms with Gasteiger partial charge in [-0.2, -0.15) is 4.39 Å². The zero-order chi connectivity index (χ0) is 9.26. The lowest BCUT2D eigenvalue weighted by Crippen LogP contribution is -1.88. The molecule has 0 aliphatic rings. The summed E-state index contributed by atoms with van der Waals surface area (Å²) in [5.41, 5.74) is 2.25. The van der Waals surface area contributed by atoms with Crippen molar-refractivity contribution >= 4 is 0 Å². The van der Waals surface area contributed by atoms with Crippen molar-refractivity contribution in [1.29, 1.82) is 0 Å². The van der Waals surface area contributed by atoms with E-state index >= 15 is 0 Å². The van der Waals surface area contributed by atoms with E-state index in [9.17, 15) is 4.39 Å². The van der Waals surface area contributed by atoms with Crippen molar-refractivity contribution in [3.05, 3.63) is 42.2 Å². The maximum Gasteiger partial charge on any atom is 0.213 e. The van der Waals surface area contributed by atoms with Crippen molar-refractivity contribution < 1.29 is 8.81 Å². The molecule has 13 heavy (non-hydrogen) atoms. The molecule has 66 valence electrons. The fraction of sp³-hybridized carbons (Fsp3) is 0.100. The Morgan fingerprint density at radius 3 is 2.85 bits per heavy atom. The van der Waals surface area contributed by atoms with E-state index in [1.165, 1.54) is 12.3 Å². The van der Waals surface area contributed by atoms with Crippen molar-refractivity contribution in [2.45, 2.75) is 6.92 Å². The van der Waals surface area contributed by atoms with Crippen molar-refractivity contribution in [1.82, 2.24) is 4.98 Å². The summed E-state index contributed by atoms with van der Waals surface area (Å²) in [6, 6.07) is 4.96. The summed E-state index contributed by atoms with van der Waals surface area (Å²) in [5, 5.41) is 0. The highest BCUT2D eigenvalue weighted by Crippen LogP contribution is 2.18. The summed E-state index contributed by atoms with van der Waals surface area (Å²) in [5.74, 6) is -0.462. The van der Waals surface area contributed by atoms with Gasteiger partial charge in [0.1, 0.15) is 0 Å². The Kier molecular flexibility index (Phi) is 1.85. The zero-order valence-electron chi connectivity index (χ0n) is 7.12. The molecule has 0 aliphatic carbocycles. The van der Waals surface area contributed by atoms with Crippen LogP contribution in [0.5, 0.6) is 0 Å². The third-order valence-electron chi connectivity index (χ3n) is 1.76. The molecule has 0 unspecified atom stereocenters. The smallest absolute Gasteiger partial charge is 0.213 e. The highest BCUT2D eigenvalue weighted by atomic mass is 19.1. The molecule has 2 aromatic heterocycles. The Bertz CT molecular complexity index is 389. The van der Waals surface area contributed by atoms with Crippen molar-refractivity contribution in [2.75, 3.05) is 0 Å². The molecule has 0 aliphatic heterocycles. The number of pyridine rings is 1. The van der Waals surface area contributed by atoms with Crippen LogP contribution in [0.2, 0.25) is 0 Å². The molecule has 2 aromatic rings. The van der Waals surface area contributed by atoms with Gasteiger partial charge in [-0.15, -0.1) is 0 Å². The largest absolute Gasteiger partial charge is 0.472 e. The molecule has 0 amide bonds. The fourth-order valence-electron chi connectivity index (χ4n) is 1.18. The van der Waals surface area contributed by atoms with E-state index in [1.807, 2.05) is 13.0 Å². The molecule has 2 rings (SSSR count). The van der Waals surface area contributed by atoms with Gasteiger partial charge in [-0.05, 0) is 30.7 Å². The second-order valence-electron chi connectivity index (χ2n) is 2.86. The van der Waals surface area contributed by atoms with Crippen LogP contribution in [0.25, 0.3) is 11.3 Å². The van der Waals surface area contributed by atoms with Gasteiger partial charge >= 0.3 is 0 Å². The lowest BCUT2D eigenvalue weighted by atomic mass is 10.2. The molecule has 0 N–H and O–H groups in total. The second kappa shape index (κ2) is 3.01. The molecule has 0 radical (unpaired) electrons. The van der Waals surface area contributed by atoms with Crippen molar-refractivity contribution in [3.8, 4) is 11.3 Å². The molecule has 0 saturated carbocycles. The Morgan fingerprint density at radius 1 is 1.38 bits per heavy atom. The van der Waals surface area contributed by atoms with E-state index < -0.39 is 5.95 Å². The highest BCUT2D eigenvalue weighted by molar-refractivity contribution is 5.57. The average molecular weight is 177 g/mol. The molecular formula is C10H8FNO. The Labute approximate surface area is 75.0 Å². The van der Waals surface area contributed by atoms with Crippen LogP contribution >= 0.6 is 0 Å². The molecule has 0 saturated heterocycles. The lowest BCUT2D eigenvalue weighted by Gasteiger charge is -1.98. The molecule has 0 spiro atoms. The summed E-state index contributed by atoms with van der Waals surface area (Å²) in [6.45, 7) is 1.83. The van der Waals surface area contributed by atoms with Crippen LogP contribution in [0.1, 0.15) is 5.56 Å². The summed E-state index contributed by atoms with van der Waals surface area (Å²) >= 11 is 0. The van der Waals surface area contributed by atoms with Gasteiger partial charge in [0.05, 0.1) is 18.2 Å². The SMILES string of the molecule is Cc1cc(F)nc(-c2ccoc2)c1. The van der Waals surface area contributed by atoms with Crippen LogP contribution in [0, 0.1) is 12.9 Å². The molecule has 0 atom stereocenters. The number of furan rings is 1. The van der Waals surface area contributed by atoms with Gasteiger partial charge < -0.3 is 4.42 Å². The zero-order valence-corrected chi connectivity index (χ0v) is 7.12. The number of aryl methyl sites for hydroxylation is 1. The average Bonchev–Trinajstić information content (AvgIpc) is 2.53. The Balaban J connectivity index is 2.53. The maximum absolute atomic E-state index is 12.9. The van der Waals surface area contributed by atoms with Gasteiger partial charge in [0, 0.05) is 5.56 Å².